The number of amides is 1. The van der Waals surface area contributed by atoms with Crippen molar-refractivity contribution in [3.05, 3.63) is 18.2 Å². The number of aromatic nitrogens is 2. The van der Waals surface area contributed by atoms with Gasteiger partial charge in [-0.2, -0.15) is 0 Å². The SMILES string of the molecule is CC(C)c1nccn1CCCNC(=O)C[C@@H]1CNCCO1. The van der Waals surface area contributed by atoms with Crippen LogP contribution in [0.15, 0.2) is 12.4 Å². The number of aryl methyl sites for hydroxylation is 1. The Hall–Kier alpha value is -1.40. The number of morpholine rings is 1. The monoisotopic (exact) mass is 294 g/mol. The van der Waals surface area contributed by atoms with Crippen molar-refractivity contribution in [2.45, 2.75) is 45.3 Å². The summed E-state index contributed by atoms with van der Waals surface area (Å²) in [5.74, 6) is 1.59. The molecule has 0 bridgehead atoms. The molecule has 1 aromatic heterocycles. The predicted molar refractivity (Wildman–Crippen MR) is 81.2 cm³/mol. The lowest BCUT2D eigenvalue weighted by Gasteiger charge is -2.23. The summed E-state index contributed by atoms with van der Waals surface area (Å²) in [7, 11) is 0. The van der Waals surface area contributed by atoms with Crippen molar-refractivity contribution in [2.24, 2.45) is 0 Å². The largest absolute Gasteiger partial charge is 0.375 e. The van der Waals surface area contributed by atoms with E-state index in [2.05, 4.69) is 34.0 Å². The zero-order valence-electron chi connectivity index (χ0n) is 13.0. The third kappa shape index (κ3) is 5.13. The van der Waals surface area contributed by atoms with E-state index < -0.39 is 0 Å². The lowest BCUT2D eigenvalue weighted by molar-refractivity contribution is -0.124. The average Bonchev–Trinajstić information content (AvgIpc) is 2.93. The molecule has 1 aliphatic rings. The van der Waals surface area contributed by atoms with Crippen molar-refractivity contribution in [3.8, 4) is 0 Å². The van der Waals surface area contributed by atoms with Crippen LogP contribution < -0.4 is 10.6 Å². The number of carbonyl (C=O) groups is 1. The van der Waals surface area contributed by atoms with Gasteiger partial charge in [-0.05, 0) is 6.42 Å². The van der Waals surface area contributed by atoms with Crippen molar-refractivity contribution >= 4 is 5.91 Å². The van der Waals surface area contributed by atoms with Crippen molar-refractivity contribution in [1.82, 2.24) is 20.2 Å². The Balaban J connectivity index is 1.62. The minimum Gasteiger partial charge on any atom is -0.375 e. The third-order valence-electron chi connectivity index (χ3n) is 3.58. The molecule has 1 saturated heterocycles. The van der Waals surface area contributed by atoms with Gasteiger partial charge in [0.25, 0.3) is 0 Å². The maximum atomic E-state index is 11.8. The first-order valence-corrected chi connectivity index (χ1v) is 7.77. The molecule has 2 heterocycles. The van der Waals surface area contributed by atoms with Crippen molar-refractivity contribution in [2.75, 3.05) is 26.2 Å². The molecule has 118 valence electrons. The number of hydrogen-bond donors (Lipinski definition) is 2. The van der Waals surface area contributed by atoms with E-state index >= 15 is 0 Å². The van der Waals surface area contributed by atoms with Gasteiger partial charge in [0, 0.05) is 44.5 Å². The number of ether oxygens (including phenoxy) is 1. The molecule has 2 N–H and O–H groups in total. The van der Waals surface area contributed by atoms with Crippen molar-refractivity contribution in [1.29, 1.82) is 0 Å². The highest BCUT2D eigenvalue weighted by atomic mass is 16.5. The second kappa shape index (κ2) is 8.14. The molecular formula is C15H26N4O2. The lowest BCUT2D eigenvalue weighted by Crippen LogP contribution is -2.41. The molecule has 0 saturated carbocycles. The Labute approximate surface area is 126 Å². The summed E-state index contributed by atoms with van der Waals surface area (Å²) in [4.78, 5) is 16.2. The van der Waals surface area contributed by atoms with Crippen LogP contribution in [-0.4, -0.2) is 47.8 Å². The van der Waals surface area contributed by atoms with Crippen molar-refractivity contribution in [3.63, 3.8) is 0 Å². The molecule has 1 amide bonds. The standard InChI is InChI=1S/C15H26N4O2/c1-12(2)15-18-5-8-19(15)7-3-4-17-14(20)10-13-11-16-6-9-21-13/h5,8,12-13,16H,3-4,6-7,9-11H2,1-2H3,(H,17,20)/t13-/m1/s1. The topological polar surface area (TPSA) is 68.2 Å². The van der Waals surface area contributed by atoms with Gasteiger partial charge in [-0.15, -0.1) is 0 Å². The number of nitrogens with one attached hydrogen (secondary N) is 2. The van der Waals surface area contributed by atoms with Crippen LogP contribution in [0.1, 0.15) is 38.4 Å². The van der Waals surface area contributed by atoms with E-state index in [0.717, 1.165) is 31.9 Å². The molecule has 0 unspecified atom stereocenters. The number of carbonyl (C=O) groups excluding carboxylic acids is 1. The molecule has 1 aromatic rings. The highest BCUT2D eigenvalue weighted by molar-refractivity contribution is 5.76. The third-order valence-corrected chi connectivity index (χ3v) is 3.58. The Bertz CT molecular complexity index is 439. The maximum Gasteiger partial charge on any atom is 0.222 e. The number of hydrogen-bond acceptors (Lipinski definition) is 4. The van der Waals surface area contributed by atoms with Gasteiger partial charge in [0.05, 0.1) is 19.1 Å². The van der Waals surface area contributed by atoms with E-state index in [4.69, 9.17) is 4.74 Å². The molecule has 21 heavy (non-hydrogen) atoms. The van der Waals surface area contributed by atoms with E-state index in [0.29, 0.717) is 25.5 Å². The molecule has 0 aliphatic carbocycles. The molecule has 2 rings (SSSR count). The van der Waals surface area contributed by atoms with E-state index in [1.807, 2.05) is 12.4 Å². The number of rotatable bonds is 7. The van der Waals surface area contributed by atoms with E-state index in [9.17, 15) is 4.79 Å². The normalized spacial score (nSPS) is 18.9. The second-order valence-electron chi connectivity index (χ2n) is 5.74. The quantitative estimate of drug-likeness (QED) is 0.733. The van der Waals surface area contributed by atoms with E-state index in [-0.39, 0.29) is 12.0 Å². The van der Waals surface area contributed by atoms with Crippen LogP contribution in [0.25, 0.3) is 0 Å². The van der Waals surface area contributed by atoms with Crippen LogP contribution in [0.3, 0.4) is 0 Å². The van der Waals surface area contributed by atoms with Gasteiger partial charge < -0.3 is 19.9 Å². The Kier molecular flexibility index (Phi) is 6.20. The first-order chi connectivity index (χ1) is 10.2. The van der Waals surface area contributed by atoms with Gasteiger partial charge in [0.1, 0.15) is 5.82 Å². The molecule has 1 atom stereocenters. The summed E-state index contributed by atoms with van der Waals surface area (Å²) in [6, 6.07) is 0. The number of imidazole rings is 1. The van der Waals surface area contributed by atoms with Gasteiger partial charge in [0.15, 0.2) is 0 Å². The summed E-state index contributed by atoms with van der Waals surface area (Å²) in [6.45, 7) is 8.18. The molecule has 0 spiro atoms. The van der Waals surface area contributed by atoms with E-state index in [1.165, 1.54) is 0 Å². The lowest BCUT2D eigenvalue weighted by atomic mass is 10.2. The zero-order chi connectivity index (χ0) is 15.1. The maximum absolute atomic E-state index is 11.8. The van der Waals surface area contributed by atoms with Crippen LogP contribution in [-0.2, 0) is 16.1 Å². The van der Waals surface area contributed by atoms with E-state index in [1.54, 1.807) is 0 Å². The fourth-order valence-electron chi connectivity index (χ4n) is 2.52. The molecule has 0 aromatic carbocycles. The highest BCUT2D eigenvalue weighted by Crippen LogP contribution is 2.11. The van der Waals surface area contributed by atoms with Gasteiger partial charge >= 0.3 is 0 Å². The Morgan fingerprint density at radius 1 is 1.62 bits per heavy atom. The number of nitrogens with zero attached hydrogens (tertiary/aromatic N) is 2. The second-order valence-corrected chi connectivity index (χ2v) is 5.74. The molecule has 6 nitrogen and oxygen atoms in total. The van der Waals surface area contributed by atoms with Gasteiger partial charge in [-0.1, -0.05) is 13.8 Å². The highest BCUT2D eigenvalue weighted by Gasteiger charge is 2.16. The van der Waals surface area contributed by atoms with Crippen molar-refractivity contribution < 1.29 is 9.53 Å². The summed E-state index contributed by atoms with van der Waals surface area (Å²) in [5, 5.41) is 6.19. The molecular weight excluding hydrogens is 268 g/mol. The van der Waals surface area contributed by atoms with Gasteiger partial charge in [-0.25, -0.2) is 4.98 Å². The van der Waals surface area contributed by atoms with Gasteiger partial charge in [0.2, 0.25) is 5.91 Å². The summed E-state index contributed by atoms with van der Waals surface area (Å²) >= 11 is 0. The minimum absolute atomic E-state index is 0.0138. The van der Waals surface area contributed by atoms with Crippen LogP contribution in [0.2, 0.25) is 0 Å². The molecule has 6 heteroatoms. The summed E-state index contributed by atoms with van der Waals surface area (Å²) in [6.07, 6.45) is 5.20. The first-order valence-electron chi connectivity index (χ1n) is 7.77. The summed E-state index contributed by atoms with van der Waals surface area (Å²) < 4.78 is 7.68. The zero-order valence-corrected chi connectivity index (χ0v) is 13.0. The fraction of sp³-hybridized carbons (Fsp3) is 0.733. The predicted octanol–water partition coefficient (Wildman–Crippen LogP) is 0.891. The molecule has 1 aliphatic heterocycles. The summed E-state index contributed by atoms with van der Waals surface area (Å²) in [5.41, 5.74) is 0. The Morgan fingerprint density at radius 3 is 3.19 bits per heavy atom. The Morgan fingerprint density at radius 2 is 2.48 bits per heavy atom. The van der Waals surface area contributed by atoms with Crippen LogP contribution in [0.5, 0.6) is 0 Å². The molecule has 1 fully saturated rings. The molecule has 0 radical (unpaired) electrons. The average molecular weight is 294 g/mol. The first kappa shape index (κ1) is 16.0. The van der Waals surface area contributed by atoms with Crippen LogP contribution >= 0.6 is 0 Å². The van der Waals surface area contributed by atoms with Crippen LogP contribution in [0.4, 0.5) is 0 Å². The fourth-order valence-corrected chi connectivity index (χ4v) is 2.52. The van der Waals surface area contributed by atoms with Crippen LogP contribution in [0, 0.1) is 0 Å². The van der Waals surface area contributed by atoms with Gasteiger partial charge in [-0.3, -0.25) is 4.79 Å². The smallest absolute Gasteiger partial charge is 0.222 e. The minimum atomic E-state index is 0.0138.